The van der Waals surface area contributed by atoms with Gasteiger partial charge in [-0.25, -0.2) is 4.79 Å². The van der Waals surface area contributed by atoms with Crippen LogP contribution in [0.2, 0.25) is 0 Å². The number of anilines is 1. The number of carboxylic acid groups (broad SMARTS) is 1. The minimum atomic E-state index is -1.08. The molecule has 1 aliphatic rings. The maximum absolute atomic E-state index is 13.2. The van der Waals surface area contributed by atoms with Crippen LogP contribution >= 0.6 is 0 Å². The number of nitrogens with zero attached hydrogens (tertiary/aromatic N) is 2. The summed E-state index contributed by atoms with van der Waals surface area (Å²) in [6.45, 7) is 2.62. The molecular formula is C24H29N5O6. The highest BCUT2D eigenvalue weighted by Gasteiger charge is 2.27. The zero-order valence-electron chi connectivity index (χ0n) is 19.5. The highest BCUT2D eigenvalue weighted by molar-refractivity contribution is 6.01. The maximum atomic E-state index is 13.2. The summed E-state index contributed by atoms with van der Waals surface area (Å²) < 4.78 is 5.66. The van der Waals surface area contributed by atoms with Gasteiger partial charge < -0.3 is 30.7 Å². The van der Waals surface area contributed by atoms with Crippen molar-refractivity contribution in [1.29, 1.82) is 0 Å². The third-order valence-corrected chi connectivity index (χ3v) is 5.32. The summed E-state index contributed by atoms with van der Waals surface area (Å²) in [6, 6.07) is 6.91. The molecule has 4 N–H and O–H groups in total. The highest BCUT2D eigenvalue weighted by Crippen LogP contribution is 2.26. The Morgan fingerprint density at radius 3 is 2.80 bits per heavy atom. The van der Waals surface area contributed by atoms with Crippen molar-refractivity contribution in [2.75, 3.05) is 31.6 Å². The van der Waals surface area contributed by atoms with E-state index in [1.807, 2.05) is 6.92 Å². The Labute approximate surface area is 202 Å². The highest BCUT2D eigenvalue weighted by atomic mass is 16.5. The predicted octanol–water partition coefficient (Wildman–Crippen LogP) is 2.17. The summed E-state index contributed by atoms with van der Waals surface area (Å²) in [6.07, 6.45) is 4.52. The van der Waals surface area contributed by atoms with Gasteiger partial charge in [0.2, 0.25) is 5.91 Å². The number of carboxylic acids is 1. The first kappa shape index (κ1) is 25.5. The Morgan fingerprint density at radius 1 is 1.26 bits per heavy atom. The van der Waals surface area contributed by atoms with E-state index in [2.05, 4.69) is 20.9 Å². The lowest BCUT2D eigenvalue weighted by Gasteiger charge is -2.22. The summed E-state index contributed by atoms with van der Waals surface area (Å²) in [5.74, 6) is -1.67. The van der Waals surface area contributed by atoms with E-state index in [1.54, 1.807) is 30.5 Å². The van der Waals surface area contributed by atoms with Gasteiger partial charge in [0.15, 0.2) is 0 Å². The molecule has 0 aliphatic carbocycles. The first-order valence-electron chi connectivity index (χ1n) is 11.4. The molecule has 0 spiro atoms. The summed E-state index contributed by atoms with van der Waals surface area (Å²) in [7, 11) is 0. The van der Waals surface area contributed by atoms with E-state index in [9.17, 15) is 24.3 Å². The van der Waals surface area contributed by atoms with Crippen molar-refractivity contribution in [2.45, 2.75) is 32.2 Å². The van der Waals surface area contributed by atoms with Crippen molar-refractivity contribution in [3.05, 3.63) is 53.9 Å². The van der Waals surface area contributed by atoms with Gasteiger partial charge in [0.25, 0.3) is 5.91 Å². The number of hydrogen-bond acceptors (Lipinski definition) is 6. The number of benzene rings is 1. The number of unbranched alkanes of at least 4 members (excludes halogenated alkanes) is 1. The van der Waals surface area contributed by atoms with Gasteiger partial charge in [-0.3, -0.25) is 19.4 Å². The number of urea groups is 1. The number of rotatable bonds is 10. The first-order chi connectivity index (χ1) is 16.9. The van der Waals surface area contributed by atoms with Crippen molar-refractivity contribution in [1.82, 2.24) is 20.5 Å². The van der Waals surface area contributed by atoms with Crippen LogP contribution in [0.4, 0.5) is 10.5 Å². The van der Waals surface area contributed by atoms with E-state index in [0.29, 0.717) is 23.5 Å². The fourth-order valence-corrected chi connectivity index (χ4v) is 3.57. The normalized spacial score (nSPS) is 13.6. The zero-order chi connectivity index (χ0) is 25.2. The molecule has 1 aromatic heterocycles. The lowest BCUT2D eigenvalue weighted by Crippen LogP contribution is -2.43. The van der Waals surface area contributed by atoms with Gasteiger partial charge in [-0.05, 0) is 36.2 Å². The number of nitrogens with one attached hydrogen (secondary N) is 3. The smallest absolute Gasteiger partial charge is 0.319 e. The minimum Gasteiger partial charge on any atom is -0.491 e. The molecule has 0 bridgehead atoms. The van der Waals surface area contributed by atoms with Gasteiger partial charge in [-0.1, -0.05) is 19.4 Å². The third kappa shape index (κ3) is 7.42. The van der Waals surface area contributed by atoms with Crippen LogP contribution in [0.3, 0.4) is 0 Å². The molecule has 0 radical (unpaired) electrons. The number of amides is 4. The molecule has 2 heterocycles. The van der Waals surface area contributed by atoms with Crippen molar-refractivity contribution >= 4 is 29.5 Å². The van der Waals surface area contributed by atoms with E-state index < -0.39 is 23.8 Å². The average Bonchev–Trinajstić information content (AvgIpc) is 2.98. The van der Waals surface area contributed by atoms with Crippen molar-refractivity contribution in [3.8, 4) is 5.75 Å². The number of aliphatic carboxylic acids is 1. The molecule has 0 fully saturated rings. The molecule has 4 amide bonds. The molecular weight excluding hydrogens is 454 g/mol. The molecule has 1 aliphatic heterocycles. The van der Waals surface area contributed by atoms with Gasteiger partial charge in [0.1, 0.15) is 12.4 Å². The zero-order valence-corrected chi connectivity index (χ0v) is 19.5. The molecule has 1 aromatic carbocycles. The van der Waals surface area contributed by atoms with Crippen LogP contribution in [0.1, 0.15) is 48.1 Å². The SMILES string of the molecule is CCCCNC(=O)Nc1ccc2c(c1)C(=O)N(CC(=O)NC(CC(=O)O)c1cccnc1)CCO2. The van der Waals surface area contributed by atoms with E-state index in [-0.39, 0.29) is 37.7 Å². The second-order valence-corrected chi connectivity index (χ2v) is 8.02. The Balaban J connectivity index is 1.68. The van der Waals surface area contributed by atoms with Crippen molar-refractivity contribution in [2.24, 2.45) is 0 Å². The summed E-state index contributed by atoms with van der Waals surface area (Å²) in [4.78, 5) is 54.6. The Kier molecular flexibility index (Phi) is 8.99. The van der Waals surface area contributed by atoms with Gasteiger partial charge in [-0.2, -0.15) is 0 Å². The molecule has 11 heteroatoms. The number of carbonyl (C=O) groups excluding carboxylic acids is 3. The topological polar surface area (TPSA) is 150 Å². The monoisotopic (exact) mass is 483 g/mol. The third-order valence-electron chi connectivity index (χ3n) is 5.32. The number of hydrogen-bond donors (Lipinski definition) is 4. The minimum absolute atomic E-state index is 0.164. The van der Waals surface area contributed by atoms with Crippen molar-refractivity contribution in [3.63, 3.8) is 0 Å². The molecule has 11 nitrogen and oxygen atoms in total. The van der Waals surface area contributed by atoms with Gasteiger partial charge >= 0.3 is 12.0 Å². The first-order valence-corrected chi connectivity index (χ1v) is 11.4. The Hall–Kier alpha value is -4.15. The molecule has 1 atom stereocenters. The largest absolute Gasteiger partial charge is 0.491 e. The molecule has 186 valence electrons. The van der Waals surface area contributed by atoms with E-state index in [0.717, 1.165) is 12.8 Å². The summed E-state index contributed by atoms with van der Waals surface area (Å²) in [5, 5.41) is 17.3. The number of aromatic nitrogens is 1. The Bertz CT molecular complexity index is 1060. The summed E-state index contributed by atoms with van der Waals surface area (Å²) >= 11 is 0. The fraction of sp³-hybridized carbons (Fsp3) is 0.375. The quantitative estimate of drug-likeness (QED) is 0.378. The van der Waals surface area contributed by atoms with Crippen LogP contribution in [0.25, 0.3) is 0 Å². The van der Waals surface area contributed by atoms with E-state index in [4.69, 9.17) is 4.74 Å². The van der Waals surface area contributed by atoms with E-state index >= 15 is 0 Å². The number of ether oxygens (including phenoxy) is 1. The average molecular weight is 484 g/mol. The van der Waals surface area contributed by atoms with Crippen LogP contribution in [0, 0.1) is 0 Å². The van der Waals surface area contributed by atoms with Crippen LogP contribution in [-0.2, 0) is 9.59 Å². The lowest BCUT2D eigenvalue weighted by molar-refractivity contribution is -0.137. The molecule has 0 saturated carbocycles. The summed E-state index contributed by atoms with van der Waals surface area (Å²) in [5.41, 5.74) is 1.18. The lowest BCUT2D eigenvalue weighted by atomic mass is 10.1. The van der Waals surface area contributed by atoms with Gasteiger partial charge in [-0.15, -0.1) is 0 Å². The maximum Gasteiger partial charge on any atom is 0.319 e. The molecule has 1 unspecified atom stereocenters. The van der Waals surface area contributed by atoms with Crippen LogP contribution < -0.4 is 20.7 Å². The second-order valence-electron chi connectivity index (χ2n) is 8.02. The molecule has 0 saturated heterocycles. The molecule has 35 heavy (non-hydrogen) atoms. The van der Waals surface area contributed by atoms with Gasteiger partial charge in [0.05, 0.1) is 31.1 Å². The Morgan fingerprint density at radius 2 is 2.09 bits per heavy atom. The molecule has 3 rings (SSSR count). The van der Waals surface area contributed by atoms with Crippen LogP contribution in [0.5, 0.6) is 5.75 Å². The van der Waals surface area contributed by atoms with Crippen LogP contribution in [-0.4, -0.2) is 65.0 Å². The fourth-order valence-electron chi connectivity index (χ4n) is 3.57. The predicted molar refractivity (Wildman–Crippen MR) is 127 cm³/mol. The number of pyridine rings is 1. The standard InChI is InChI=1S/C24H29N5O6/c1-2-3-9-26-24(34)27-17-6-7-20-18(12-17)23(33)29(10-11-35-20)15-21(30)28-19(13-22(31)32)16-5-4-8-25-14-16/h4-8,12,14,19H,2-3,9-11,13,15H2,1H3,(H,28,30)(H,31,32)(H2,26,27,34). The number of carbonyl (C=O) groups is 4. The van der Waals surface area contributed by atoms with Crippen molar-refractivity contribution < 1.29 is 29.0 Å². The molecule has 2 aromatic rings. The van der Waals surface area contributed by atoms with E-state index in [1.165, 1.54) is 17.2 Å². The second kappa shape index (κ2) is 12.4. The number of fused-ring (bicyclic) bond motifs is 1. The van der Waals surface area contributed by atoms with Crippen LogP contribution in [0.15, 0.2) is 42.7 Å². The van der Waals surface area contributed by atoms with Gasteiger partial charge in [0, 0.05) is 24.6 Å².